The lowest BCUT2D eigenvalue weighted by Crippen LogP contribution is -2.69. The molecule has 12 saturated heterocycles. The molecule has 0 aliphatic carbocycles. The lowest BCUT2D eigenvalue weighted by atomic mass is 9.94. The first-order chi connectivity index (χ1) is 64.4. The highest BCUT2D eigenvalue weighted by atomic mass is 16.8. The van der Waals surface area contributed by atoms with E-state index in [0.29, 0.717) is 0 Å². The van der Waals surface area contributed by atoms with Crippen molar-refractivity contribution in [3.8, 4) is 0 Å². The number of rotatable bonds is 35. The average molecular weight is 2000 g/mol. The number of aliphatic hydroxyl groups is 37. The molecule has 38 N–H and O–H groups in total. The first kappa shape index (κ1) is 112. The molecule has 62 nitrogen and oxygen atoms in total. The van der Waals surface area contributed by atoms with Gasteiger partial charge in [0, 0.05) is 6.92 Å². The van der Waals surface area contributed by atoms with E-state index in [1.807, 2.05) is 0 Å². The number of nitrogens with one attached hydrogen (secondary N) is 1. The molecule has 12 heterocycles. The molecule has 0 aromatic rings. The third-order valence-corrected chi connectivity index (χ3v) is 25.4. The molecule has 0 saturated carbocycles. The lowest BCUT2D eigenvalue weighted by molar-refractivity contribution is -0.410. The van der Waals surface area contributed by atoms with Crippen LogP contribution in [-0.2, 0) is 114 Å². The Balaban J connectivity index is 0.909. The van der Waals surface area contributed by atoms with Gasteiger partial charge in [-0.1, -0.05) is 0 Å². The SMILES string of the molecule is CC(=O)N[C@H]1C(O)O[C@H](CO)[C@@H](O[C@@H]2O[C@H](CO[C@H]3O[C@H](CO[C@H]4O[C@H](CO)[C@@H](O)[C@H](O)[C@@H]4O[C@H]4O[C@H](CO)[C@@H](O)[C@H](O)[C@@H]4O)[C@@H](O)[C@H](O[C@H]4O[C@H](CO)[C@@H](O)[C@H](O)[C@@H]4O)[C@@H]3O)[C@@H](O)[C@H](O[C@H]3O[C@H](CO[C@H]4O[C@H](CO[C@H]5O[C@H](CO)[C@@H](O)[C@H](O)[C@@H]5O)[C@@H](O)[C@H](O)[C@@H]4O[C@H]4O[C@H](CO)[C@@H](O)[C@H](O)[C@@H]4O)[C@@H](O)[C@H](O)[C@@H]3O[C@H]3O[C@H](CO)[C@@H](O)[C@H](O)[C@@H]3O[C@H]3O[C@H](CO)[C@@H](O)[C@H](O)[C@@H]3O)[C@@H]2O)[C@@H]1O. The number of aliphatic hydroxyl groups excluding tert-OH is 37. The summed E-state index contributed by atoms with van der Waals surface area (Å²) in [5.74, 6) is -0.942. The average Bonchev–Trinajstić information content (AvgIpc) is 0.760. The second-order valence-electron chi connectivity index (χ2n) is 34.5. The second kappa shape index (κ2) is 48.6. The smallest absolute Gasteiger partial charge is 0.217 e. The molecule has 0 aromatic heterocycles. The number of amides is 1. The Morgan fingerprint density at radius 2 is 0.390 bits per heavy atom. The van der Waals surface area contributed by atoms with E-state index in [1.165, 1.54) is 0 Å². The van der Waals surface area contributed by atoms with Crippen molar-refractivity contribution >= 4 is 5.91 Å². The minimum absolute atomic E-state index is 0.920. The van der Waals surface area contributed by atoms with Crippen LogP contribution in [0.25, 0.3) is 0 Å². The van der Waals surface area contributed by atoms with Crippen LogP contribution in [0.5, 0.6) is 0 Å². The number of ether oxygens (including phenoxy) is 23. The lowest BCUT2D eigenvalue weighted by Gasteiger charge is -2.51. The summed E-state index contributed by atoms with van der Waals surface area (Å²) in [4.78, 5) is 12.6. The zero-order chi connectivity index (χ0) is 99.7. The normalized spacial score (nSPS) is 52.8. The Hall–Kier alpha value is -2.93. The van der Waals surface area contributed by atoms with Gasteiger partial charge in [-0.2, -0.15) is 0 Å². The number of carbonyl (C=O) groups excluding carboxylic acids is 1. The van der Waals surface area contributed by atoms with Crippen LogP contribution in [-0.4, -0.2) is 643 Å². The maximum atomic E-state index is 13.0. The summed E-state index contributed by atoms with van der Waals surface area (Å²) >= 11 is 0. The molecular formula is C74H125NO61. The van der Waals surface area contributed by atoms with Crippen molar-refractivity contribution in [2.24, 2.45) is 0 Å². The molecule has 12 rings (SSSR count). The highest BCUT2D eigenvalue weighted by molar-refractivity contribution is 5.73. The predicted octanol–water partition coefficient (Wildman–Crippen LogP) is -27.0. The second-order valence-corrected chi connectivity index (χ2v) is 34.5. The van der Waals surface area contributed by atoms with E-state index in [1.54, 1.807) is 0 Å². The number of hydrogen-bond donors (Lipinski definition) is 38. The molecule has 136 heavy (non-hydrogen) atoms. The zero-order valence-corrected chi connectivity index (χ0v) is 71.5. The van der Waals surface area contributed by atoms with Gasteiger partial charge >= 0.3 is 0 Å². The topological polar surface area (TPSA) is 990 Å². The van der Waals surface area contributed by atoms with E-state index in [9.17, 15) is 194 Å². The molecule has 0 aromatic carbocycles. The molecule has 62 heteroatoms. The minimum Gasteiger partial charge on any atom is -0.394 e. The van der Waals surface area contributed by atoms with Gasteiger partial charge in [0.05, 0.1) is 79.3 Å². The quantitative estimate of drug-likeness (QED) is 0.0280. The molecule has 1 unspecified atom stereocenters. The van der Waals surface area contributed by atoms with E-state index in [4.69, 9.17) is 109 Å². The summed E-state index contributed by atoms with van der Waals surface area (Å²) in [6.45, 7) is -12.9. The molecule has 1 amide bonds. The van der Waals surface area contributed by atoms with Crippen molar-refractivity contribution in [3.05, 3.63) is 0 Å². The van der Waals surface area contributed by atoms with Crippen LogP contribution in [0.2, 0.25) is 0 Å². The fourth-order valence-corrected chi connectivity index (χ4v) is 17.3. The van der Waals surface area contributed by atoms with Crippen LogP contribution in [0.1, 0.15) is 6.92 Å². The largest absolute Gasteiger partial charge is 0.394 e. The molecule has 0 bridgehead atoms. The van der Waals surface area contributed by atoms with Crippen LogP contribution in [0.3, 0.4) is 0 Å². The molecule has 60 atom stereocenters. The molecule has 0 spiro atoms. The molecule has 12 fully saturated rings. The standard InChI is InChI=1S/C74H125NO61/c1-14(84)75-27-39(96)56(22(9-83)118-63(27)113)130-70-55(112)58(38(95)26(127-70)12-115-65-54(111)57(131-66-50(107)41(98)29(86)16(3-77)120-66)37(94)25(126-65)13-117-71-59(45(102)33(90)20(7-81)124-71)133-67-51(108)42(99)30(87)17(4-78)121-67)132-74-62(136-73-61(46(103)34(91)21(8-82)125-73)135-69-53(110)44(101)32(89)19(6-80)123-69)48(105)36(93)24(129-74)11-116-72-60(134-68-52(109)43(100)31(88)18(5-79)122-68)47(104)35(92)23(128-72)10-114-64-49(106)40(97)28(85)15(2-76)119-64/h15-74,76-83,85-113H,2-13H2,1H3,(H,75,84)/t15-,16-,17-,18-,19-,20-,21-,22-,23-,24-,25-,26-,27-,28-,29-,30-,31-,32-,33-,34-,35-,36-,37-,38-,39-,40+,41+,42+,43+,44+,45+,46+,47+,48+,49+,50+,51+,52+,53+,54+,55+,56-,57+,58+,59+,60+,61+,62+,63?,64+,65+,66-,67-,68-,69-,70+,71+,72+,73-,74-/m1/s1. The van der Waals surface area contributed by atoms with E-state index in [0.717, 1.165) is 6.92 Å². The third-order valence-electron chi connectivity index (χ3n) is 25.4. The van der Waals surface area contributed by atoms with Crippen molar-refractivity contribution in [1.29, 1.82) is 0 Å². The van der Waals surface area contributed by atoms with Crippen LogP contribution >= 0.6 is 0 Å². The van der Waals surface area contributed by atoms with Crippen LogP contribution in [0.15, 0.2) is 0 Å². The van der Waals surface area contributed by atoms with Gasteiger partial charge in [-0.15, -0.1) is 0 Å². The third kappa shape index (κ3) is 23.8. The summed E-state index contributed by atoms with van der Waals surface area (Å²) in [7, 11) is 0. The molecule has 12 aliphatic heterocycles. The van der Waals surface area contributed by atoms with E-state index in [-0.39, 0.29) is 0 Å². The van der Waals surface area contributed by atoms with Crippen LogP contribution in [0, 0.1) is 0 Å². The van der Waals surface area contributed by atoms with Gasteiger partial charge in [0.2, 0.25) is 5.91 Å². The first-order valence-electron chi connectivity index (χ1n) is 43.2. The summed E-state index contributed by atoms with van der Waals surface area (Å²) < 4.78 is 135. The monoisotopic (exact) mass is 2000 g/mol. The van der Waals surface area contributed by atoms with Gasteiger partial charge in [-0.25, -0.2) is 0 Å². The van der Waals surface area contributed by atoms with Crippen molar-refractivity contribution < 1.29 is 303 Å². The van der Waals surface area contributed by atoms with Crippen molar-refractivity contribution in [3.63, 3.8) is 0 Å². The summed E-state index contributed by atoms with van der Waals surface area (Å²) in [6.07, 6.45) is -132. The molecule has 12 aliphatic rings. The minimum atomic E-state index is -2.78. The highest BCUT2D eigenvalue weighted by Gasteiger charge is 2.63. The van der Waals surface area contributed by atoms with Crippen LogP contribution in [0.4, 0.5) is 0 Å². The number of carbonyl (C=O) groups is 1. The van der Waals surface area contributed by atoms with Gasteiger partial charge in [-0.3, -0.25) is 4.79 Å². The maximum Gasteiger partial charge on any atom is 0.217 e. The Kier molecular flexibility index (Phi) is 40.0. The van der Waals surface area contributed by atoms with Crippen LogP contribution < -0.4 is 5.32 Å². The molecular weight excluding hydrogens is 1880 g/mol. The Morgan fingerprint density at radius 1 is 0.191 bits per heavy atom. The van der Waals surface area contributed by atoms with Gasteiger partial charge < -0.3 is 303 Å². The molecule has 792 valence electrons. The van der Waals surface area contributed by atoms with Gasteiger partial charge in [0.1, 0.15) is 293 Å². The first-order valence-corrected chi connectivity index (χ1v) is 43.2. The Bertz CT molecular complexity index is 3590. The highest BCUT2D eigenvalue weighted by Crippen LogP contribution is 2.42. The fraction of sp³-hybridized carbons (Fsp3) is 0.986. The van der Waals surface area contributed by atoms with Crippen molar-refractivity contribution in [1.82, 2.24) is 5.32 Å². The maximum absolute atomic E-state index is 13.0. The van der Waals surface area contributed by atoms with Gasteiger partial charge in [-0.05, 0) is 0 Å². The number of hydrogen-bond acceptors (Lipinski definition) is 61. The zero-order valence-electron chi connectivity index (χ0n) is 71.5. The Labute approximate surface area is 766 Å². The Morgan fingerprint density at radius 3 is 0.721 bits per heavy atom. The van der Waals surface area contributed by atoms with E-state index in [2.05, 4.69) is 5.32 Å². The molecule has 0 radical (unpaired) electrons. The summed E-state index contributed by atoms with van der Waals surface area (Å²) in [5, 5.41) is 414. The predicted molar refractivity (Wildman–Crippen MR) is 407 cm³/mol. The fourth-order valence-electron chi connectivity index (χ4n) is 17.3. The van der Waals surface area contributed by atoms with Gasteiger partial charge in [0.15, 0.2) is 75.5 Å². The van der Waals surface area contributed by atoms with E-state index < -0.39 is 454 Å². The summed E-state index contributed by atoms with van der Waals surface area (Å²) in [5.41, 5.74) is 0. The summed E-state index contributed by atoms with van der Waals surface area (Å²) in [6, 6.07) is -1.91. The van der Waals surface area contributed by atoms with E-state index >= 15 is 0 Å². The van der Waals surface area contributed by atoms with Crippen molar-refractivity contribution in [2.45, 2.75) is 375 Å². The van der Waals surface area contributed by atoms with Crippen molar-refractivity contribution in [2.75, 3.05) is 79.3 Å². The van der Waals surface area contributed by atoms with Gasteiger partial charge in [0.25, 0.3) is 0 Å².